The molecule has 3 N–H and O–H groups in total. The summed E-state index contributed by atoms with van der Waals surface area (Å²) in [6.07, 6.45) is 2.17. The summed E-state index contributed by atoms with van der Waals surface area (Å²) >= 11 is 0. The van der Waals surface area contributed by atoms with Crippen molar-refractivity contribution in [1.82, 2.24) is 5.32 Å². The van der Waals surface area contributed by atoms with Crippen molar-refractivity contribution in [2.75, 3.05) is 23.7 Å². The number of alkyl halides is 3. The summed E-state index contributed by atoms with van der Waals surface area (Å²) < 4.78 is 40.8. The molecule has 0 spiro atoms. The topological polar surface area (TPSA) is 36.1 Å². The van der Waals surface area contributed by atoms with Crippen LogP contribution in [0.5, 0.6) is 0 Å². The molecule has 2 fully saturated rings. The zero-order valence-electron chi connectivity index (χ0n) is 13.7. The fourth-order valence-electron chi connectivity index (χ4n) is 4.45. The molecule has 1 saturated heterocycles. The molecular weight excluding hydrogens is 315 g/mol. The molecule has 3 nitrogen and oxygen atoms in total. The van der Waals surface area contributed by atoms with Gasteiger partial charge >= 0.3 is 6.18 Å². The molecule has 2 aliphatic heterocycles. The van der Waals surface area contributed by atoms with Crippen LogP contribution in [0.4, 0.5) is 24.5 Å². The highest BCUT2D eigenvalue weighted by molar-refractivity contribution is 5.71. The molecule has 132 valence electrons. The third kappa shape index (κ3) is 2.96. The lowest BCUT2D eigenvalue weighted by Gasteiger charge is -2.27. The van der Waals surface area contributed by atoms with E-state index in [0.29, 0.717) is 17.4 Å². The lowest BCUT2D eigenvalue weighted by atomic mass is 9.89. The summed E-state index contributed by atoms with van der Waals surface area (Å²) in [5.74, 6) is 0.128. The summed E-state index contributed by atoms with van der Waals surface area (Å²) in [5, 5.41) is 9.84. The Morgan fingerprint density at radius 1 is 1.04 bits per heavy atom. The van der Waals surface area contributed by atoms with Crippen LogP contribution in [0.1, 0.15) is 55.6 Å². The van der Waals surface area contributed by atoms with Crippen molar-refractivity contribution < 1.29 is 13.2 Å². The molecule has 0 bridgehead atoms. The van der Waals surface area contributed by atoms with Crippen molar-refractivity contribution in [3.63, 3.8) is 0 Å². The molecule has 1 aromatic carbocycles. The van der Waals surface area contributed by atoms with Crippen LogP contribution >= 0.6 is 0 Å². The maximum absolute atomic E-state index is 13.6. The first-order valence-corrected chi connectivity index (χ1v) is 9.01. The third-order valence-corrected chi connectivity index (χ3v) is 5.66. The summed E-state index contributed by atoms with van der Waals surface area (Å²) in [7, 11) is 0. The van der Waals surface area contributed by atoms with E-state index in [-0.39, 0.29) is 12.0 Å². The highest BCUT2D eigenvalue weighted by atomic mass is 19.4. The van der Waals surface area contributed by atoms with Gasteiger partial charge in [0, 0.05) is 30.2 Å². The van der Waals surface area contributed by atoms with Gasteiger partial charge < -0.3 is 16.0 Å². The zero-order chi connectivity index (χ0) is 16.7. The Hall–Kier alpha value is -1.43. The van der Waals surface area contributed by atoms with Gasteiger partial charge in [0.05, 0.1) is 11.3 Å². The van der Waals surface area contributed by atoms with Crippen LogP contribution in [-0.4, -0.2) is 25.2 Å². The van der Waals surface area contributed by atoms with Gasteiger partial charge in [0.25, 0.3) is 0 Å². The highest BCUT2D eigenvalue weighted by Gasteiger charge is 2.42. The number of anilines is 2. The Morgan fingerprint density at radius 2 is 1.83 bits per heavy atom. The molecule has 1 aliphatic carbocycles. The van der Waals surface area contributed by atoms with Crippen LogP contribution in [-0.2, 0) is 6.18 Å². The summed E-state index contributed by atoms with van der Waals surface area (Å²) in [6.45, 7) is 1.60. The lowest BCUT2D eigenvalue weighted by Crippen LogP contribution is -2.38. The largest absolute Gasteiger partial charge is 0.418 e. The molecule has 2 atom stereocenters. The third-order valence-electron chi connectivity index (χ3n) is 5.66. The van der Waals surface area contributed by atoms with Crippen LogP contribution in [0.25, 0.3) is 0 Å². The maximum atomic E-state index is 13.6. The standard InChI is InChI=1S/C18H24F3N3/c19-18(20,21)15-9-12(23-11-4-2-1-3-5-11)8-13-14-10-22-7-6-16(14)24-17(13)15/h8-9,11,14,16,22-24H,1-7,10H2/t14-,16-/m1/s1. The molecule has 1 saturated carbocycles. The quantitative estimate of drug-likeness (QED) is 0.751. The number of hydrogen-bond acceptors (Lipinski definition) is 3. The second-order valence-electron chi connectivity index (χ2n) is 7.32. The molecule has 0 unspecified atom stereocenters. The normalized spacial score (nSPS) is 27.3. The Balaban J connectivity index is 1.69. The van der Waals surface area contributed by atoms with Crippen LogP contribution in [0, 0.1) is 0 Å². The van der Waals surface area contributed by atoms with Gasteiger partial charge in [-0.15, -0.1) is 0 Å². The number of halogens is 3. The van der Waals surface area contributed by atoms with E-state index in [1.807, 2.05) is 6.07 Å². The van der Waals surface area contributed by atoms with E-state index in [1.54, 1.807) is 0 Å². The molecule has 0 radical (unpaired) electrons. The van der Waals surface area contributed by atoms with Gasteiger partial charge in [0.2, 0.25) is 0 Å². The Morgan fingerprint density at radius 3 is 2.58 bits per heavy atom. The molecule has 6 heteroatoms. The van der Waals surface area contributed by atoms with Crippen molar-refractivity contribution in [3.8, 4) is 0 Å². The fourth-order valence-corrected chi connectivity index (χ4v) is 4.45. The predicted octanol–water partition coefficient (Wildman–Crippen LogP) is 4.32. The van der Waals surface area contributed by atoms with Gasteiger partial charge in [0.1, 0.15) is 0 Å². The van der Waals surface area contributed by atoms with Crippen molar-refractivity contribution in [2.45, 2.75) is 62.7 Å². The Labute approximate surface area is 140 Å². The van der Waals surface area contributed by atoms with Crippen LogP contribution < -0.4 is 16.0 Å². The van der Waals surface area contributed by atoms with Gasteiger partial charge in [-0.05, 0) is 43.5 Å². The Bertz CT molecular complexity index is 608. The van der Waals surface area contributed by atoms with Gasteiger partial charge in [-0.25, -0.2) is 0 Å². The SMILES string of the molecule is FC(F)(F)c1cc(NC2CCCCC2)cc2c1N[C@@H]1CCNC[C@H]21. The van der Waals surface area contributed by atoms with Crippen molar-refractivity contribution in [2.24, 2.45) is 0 Å². The molecule has 0 amide bonds. The van der Waals surface area contributed by atoms with E-state index in [2.05, 4.69) is 16.0 Å². The summed E-state index contributed by atoms with van der Waals surface area (Å²) in [6, 6.07) is 3.66. The number of piperidine rings is 1. The number of benzene rings is 1. The molecule has 24 heavy (non-hydrogen) atoms. The number of rotatable bonds is 2. The van der Waals surface area contributed by atoms with E-state index >= 15 is 0 Å². The molecule has 2 heterocycles. The van der Waals surface area contributed by atoms with Gasteiger partial charge in [0.15, 0.2) is 0 Å². The van der Waals surface area contributed by atoms with Crippen molar-refractivity contribution in [3.05, 3.63) is 23.3 Å². The molecule has 4 rings (SSSR count). The van der Waals surface area contributed by atoms with Gasteiger partial charge in [-0.3, -0.25) is 0 Å². The number of nitrogens with one attached hydrogen (secondary N) is 3. The fraction of sp³-hybridized carbons (Fsp3) is 0.667. The molecule has 3 aliphatic rings. The van der Waals surface area contributed by atoms with Crippen LogP contribution in [0.15, 0.2) is 12.1 Å². The smallest absolute Gasteiger partial charge is 0.382 e. The van der Waals surface area contributed by atoms with E-state index in [4.69, 9.17) is 0 Å². The zero-order valence-corrected chi connectivity index (χ0v) is 13.7. The Kier molecular flexibility index (Phi) is 4.11. The molecule has 0 aromatic heterocycles. The summed E-state index contributed by atoms with van der Waals surface area (Å²) in [5.41, 5.74) is 1.23. The van der Waals surface area contributed by atoms with E-state index in [0.717, 1.165) is 50.8 Å². The van der Waals surface area contributed by atoms with E-state index < -0.39 is 11.7 Å². The minimum absolute atomic E-state index is 0.118. The molecule has 1 aromatic rings. The average molecular weight is 339 g/mol. The molecular formula is C18H24F3N3. The summed E-state index contributed by atoms with van der Waals surface area (Å²) in [4.78, 5) is 0. The first-order chi connectivity index (χ1) is 11.5. The lowest BCUT2D eigenvalue weighted by molar-refractivity contribution is -0.136. The van der Waals surface area contributed by atoms with E-state index in [9.17, 15) is 13.2 Å². The monoisotopic (exact) mass is 339 g/mol. The van der Waals surface area contributed by atoms with Gasteiger partial charge in [-0.1, -0.05) is 19.3 Å². The first kappa shape index (κ1) is 16.1. The maximum Gasteiger partial charge on any atom is 0.418 e. The number of fused-ring (bicyclic) bond motifs is 3. The van der Waals surface area contributed by atoms with E-state index in [1.165, 1.54) is 12.5 Å². The van der Waals surface area contributed by atoms with Crippen molar-refractivity contribution in [1.29, 1.82) is 0 Å². The minimum Gasteiger partial charge on any atom is -0.382 e. The van der Waals surface area contributed by atoms with Crippen molar-refractivity contribution >= 4 is 11.4 Å². The highest BCUT2D eigenvalue weighted by Crippen LogP contribution is 2.47. The second kappa shape index (κ2) is 6.14. The second-order valence-corrected chi connectivity index (χ2v) is 7.32. The minimum atomic E-state index is -4.33. The predicted molar refractivity (Wildman–Crippen MR) is 89.6 cm³/mol. The number of hydrogen-bond donors (Lipinski definition) is 3. The first-order valence-electron chi connectivity index (χ1n) is 9.01. The van der Waals surface area contributed by atoms with Crippen LogP contribution in [0.2, 0.25) is 0 Å². The van der Waals surface area contributed by atoms with Crippen LogP contribution in [0.3, 0.4) is 0 Å². The average Bonchev–Trinajstić information content (AvgIpc) is 2.93. The van der Waals surface area contributed by atoms with Gasteiger partial charge in [-0.2, -0.15) is 13.2 Å².